The van der Waals surface area contributed by atoms with E-state index in [0.29, 0.717) is 0 Å². The molecule has 0 heterocycles. The molecule has 0 aliphatic rings. The molecule has 1 nitrogen and oxygen atoms in total. The van der Waals surface area contributed by atoms with Gasteiger partial charge in [-0.25, -0.2) is 0 Å². The second kappa shape index (κ2) is 13.7. The van der Waals surface area contributed by atoms with Gasteiger partial charge in [0.25, 0.3) is 0 Å². The van der Waals surface area contributed by atoms with E-state index in [1.807, 2.05) is 0 Å². The van der Waals surface area contributed by atoms with Crippen molar-refractivity contribution in [1.82, 2.24) is 0 Å². The minimum Gasteiger partial charge on any atom is -0.309 e. The summed E-state index contributed by atoms with van der Waals surface area (Å²) < 4.78 is 0. The predicted octanol–water partition coefficient (Wildman–Crippen LogP) is 15.9. The quantitative estimate of drug-likeness (QED) is 0.154. The second-order valence-corrected chi connectivity index (χ2v) is 14.8. The van der Waals surface area contributed by atoms with E-state index in [1.54, 1.807) is 0 Å². The van der Waals surface area contributed by atoms with Crippen molar-refractivity contribution < 1.29 is 0 Å². The van der Waals surface area contributed by atoms with Crippen LogP contribution in [0.15, 0.2) is 224 Å². The van der Waals surface area contributed by atoms with E-state index in [2.05, 4.69) is 229 Å². The zero-order chi connectivity index (χ0) is 37.7. The molecule has 57 heavy (non-hydrogen) atoms. The van der Waals surface area contributed by atoms with Gasteiger partial charge in [0.05, 0.1) is 17.1 Å². The highest BCUT2D eigenvalue weighted by molar-refractivity contribution is 6.22. The van der Waals surface area contributed by atoms with Crippen molar-refractivity contribution in [3.05, 3.63) is 224 Å². The van der Waals surface area contributed by atoms with Crippen LogP contribution in [0.5, 0.6) is 0 Å². The van der Waals surface area contributed by atoms with Gasteiger partial charge >= 0.3 is 0 Å². The van der Waals surface area contributed by atoms with E-state index in [1.165, 1.54) is 81.7 Å². The van der Waals surface area contributed by atoms with E-state index < -0.39 is 0 Å². The molecule has 1 heteroatoms. The number of hydrogen-bond acceptors (Lipinski definition) is 1. The Labute approximate surface area is 332 Å². The third-order valence-corrected chi connectivity index (χ3v) is 11.6. The van der Waals surface area contributed by atoms with E-state index in [9.17, 15) is 0 Å². The second-order valence-electron chi connectivity index (χ2n) is 14.8. The lowest BCUT2D eigenvalue weighted by molar-refractivity contribution is 1.32. The number of benzene rings is 11. The largest absolute Gasteiger partial charge is 0.309 e. The first-order valence-electron chi connectivity index (χ1n) is 19.7. The Kier molecular flexibility index (Phi) is 7.89. The van der Waals surface area contributed by atoms with Crippen molar-refractivity contribution in [2.75, 3.05) is 4.90 Å². The molecule has 0 N–H and O–H groups in total. The van der Waals surface area contributed by atoms with E-state index in [-0.39, 0.29) is 0 Å². The number of anilines is 3. The Balaban J connectivity index is 1.24. The average molecular weight is 724 g/mol. The molecule has 0 amide bonds. The minimum absolute atomic E-state index is 1.12. The number of rotatable bonds is 6. The number of para-hydroxylation sites is 1. The van der Waals surface area contributed by atoms with Crippen LogP contribution >= 0.6 is 0 Å². The fourth-order valence-electron chi connectivity index (χ4n) is 9.09. The van der Waals surface area contributed by atoms with Crippen LogP contribution in [0, 0.1) is 0 Å². The maximum atomic E-state index is 2.50. The van der Waals surface area contributed by atoms with Crippen LogP contribution in [0.4, 0.5) is 17.1 Å². The Morgan fingerprint density at radius 2 is 0.719 bits per heavy atom. The molecule has 0 unspecified atom stereocenters. The van der Waals surface area contributed by atoms with Crippen LogP contribution in [0.3, 0.4) is 0 Å². The summed E-state index contributed by atoms with van der Waals surface area (Å²) in [5.74, 6) is 0. The van der Waals surface area contributed by atoms with Crippen molar-refractivity contribution in [2.45, 2.75) is 0 Å². The van der Waals surface area contributed by atoms with Crippen LogP contribution in [0.2, 0.25) is 0 Å². The van der Waals surface area contributed by atoms with E-state index in [0.717, 1.165) is 22.6 Å². The summed E-state index contributed by atoms with van der Waals surface area (Å²) in [6.45, 7) is 0. The summed E-state index contributed by atoms with van der Waals surface area (Å²) in [5.41, 5.74) is 10.7. The third-order valence-electron chi connectivity index (χ3n) is 11.6. The maximum absolute atomic E-state index is 2.50. The zero-order valence-electron chi connectivity index (χ0n) is 31.3. The summed E-state index contributed by atoms with van der Waals surface area (Å²) in [6, 6.07) is 82.1. The molecule has 0 aliphatic heterocycles. The molecule has 11 rings (SSSR count). The molecule has 11 aromatic carbocycles. The monoisotopic (exact) mass is 723 g/mol. The number of fused-ring (bicyclic) bond motifs is 7. The number of hydrogen-bond donors (Lipinski definition) is 0. The fourth-order valence-corrected chi connectivity index (χ4v) is 9.09. The van der Waals surface area contributed by atoms with Crippen LogP contribution in [-0.4, -0.2) is 0 Å². The van der Waals surface area contributed by atoms with Crippen molar-refractivity contribution in [2.24, 2.45) is 0 Å². The van der Waals surface area contributed by atoms with Gasteiger partial charge in [-0.1, -0.05) is 200 Å². The van der Waals surface area contributed by atoms with Gasteiger partial charge in [0.1, 0.15) is 0 Å². The van der Waals surface area contributed by atoms with E-state index in [4.69, 9.17) is 0 Å². The highest BCUT2D eigenvalue weighted by Gasteiger charge is 2.23. The van der Waals surface area contributed by atoms with Gasteiger partial charge in [-0.15, -0.1) is 0 Å². The van der Waals surface area contributed by atoms with Crippen LogP contribution in [-0.2, 0) is 0 Å². The average Bonchev–Trinajstić information content (AvgIpc) is 3.29. The highest BCUT2D eigenvalue weighted by Crippen LogP contribution is 2.49. The summed E-state index contributed by atoms with van der Waals surface area (Å²) >= 11 is 0. The van der Waals surface area contributed by atoms with Crippen molar-refractivity contribution in [3.8, 4) is 33.4 Å². The molecule has 0 fully saturated rings. The summed E-state index contributed by atoms with van der Waals surface area (Å²) in [6.07, 6.45) is 0. The highest BCUT2D eigenvalue weighted by atomic mass is 15.1. The zero-order valence-corrected chi connectivity index (χ0v) is 31.3. The standard InChI is InChI=1S/C56H37N/c1-3-19-39(20-4-1)55-50-31-14-12-29-47(50)48-35-34-42(36-51(48)56(55)40-21-5-2-6-22-40)45-27-15-16-32-52(45)57(53-33-17-24-38-18-7-10-26-44(38)53)54-37-41-23-8-9-25-43(41)46-28-11-13-30-49(46)54/h1-37H. The molecule has 0 saturated carbocycles. The van der Waals surface area contributed by atoms with Crippen molar-refractivity contribution in [3.63, 3.8) is 0 Å². The normalized spacial score (nSPS) is 11.5. The van der Waals surface area contributed by atoms with Crippen molar-refractivity contribution in [1.29, 1.82) is 0 Å². The fraction of sp³-hybridized carbons (Fsp3) is 0. The topological polar surface area (TPSA) is 3.24 Å². The molecule has 0 radical (unpaired) electrons. The van der Waals surface area contributed by atoms with Gasteiger partial charge in [0, 0.05) is 16.3 Å². The lowest BCUT2D eigenvalue weighted by Gasteiger charge is -2.30. The Hall–Kier alpha value is -7.48. The number of nitrogens with zero attached hydrogens (tertiary/aromatic N) is 1. The minimum atomic E-state index is 1.12. The first-order valence-corrected chi connectivity index (χ1v) is 19.7. The molecule has 0 saturated heterocycles. The van der Waals surface area contributed by atoms with Gasteiger partial charge in [-0.3, -0.25) is 0 Å². The summed E-state index contributed by atoms with van der Waals surface area (Å²) in [5, 5.41) is 12.3. The van der Waals surface area contributed by atoms with E-state index >= 15 is 0 Å². The van der Waals surface area contributed by atoms with Crippen molar-refractivity contribution >= 4 is 70.9 Å². The van der Waals surface area contributed by atoms with Crippen LogP contribution in [0.25, 0.3) is 87.2 Å². The van der Waals surface area contributed by atoms with Gasteiger partial charge in [0.15, 0.2) is 0 Å². The smallest absolute Gasteiger partial charge is 0.0546 e. The lowest BCUT2D eigenvalue weighted by atomic mass is 9.84. The summed E-state index contributed by atoms with van der Waals surface area (Å²) in [4.78, 5) is 2.50. The Bertz CT molecular complexity index is 3290. The maximum Gasteiger partial charge on any atom is 0.0546 e. The first-order chi connectivity index (χ1) is 28.3. The molecule has 0 aliphatic carbocycles. The van der Waals surface area contributed by atoms with Gasteiger partial charge in [0.2, 0.25) is 0 Å². The lowest BCUT2D eigenvalue weighted by Crippen LogP contribution is -2.12. The molecule has 0 spiro atoms. The molecule has 266 valence electrons. The van der Waals surface area contributed by atoms with Gasteiger partial charge in [-0.05, 0) is 95.2 Å². The molecule has 0 aromatic heterocycles. The molecule has 0 bridgehead atoms. The van der Waals surface area contributed by atoms with Crippen LogP contribution < -0.4 is 4.90 Å². The molecule has 0 atom stereocenters. The molecular formula is C56H37N. The van der Waals surface area contributed by atoms with Gasteiger partial charge in [-0.2, -0.15) is 0 Å². The SMILES string of the molecule is c1ccc(-c2c(-c3ccccc3)c3cc(-c4ccccc4N(c4cccc5ccccc45)c4cc5ccccc5c5ccccc45)ccc3c3ccccc23)cc1. The van der Waals surface area contributed by atoms with Crippen LogP contribution in [0.1, 0.15) is 0 Å². The summed E-state index contributed by atoms with van der Waals surface area (Å²) in [7, 11) is 0. The predicted molar refractivity (Wildman–Crippen MR) is 245 cm³/mol. The molecular weight excluding hydrogens is 687 g/mol. The Morgan fingerprint density at radius 1 is 0.228 bits per heavy atom. The van der Waals surface area contributed by atoms with Gasteiger partial charge < -0.3 is 4.90 Å². The molecule has 11 aromatic rings. The third kappa shape index (κ3) is 5.47. The first kappa shape index (κ1) is 32.9. The Morgan fingerprint density at radius 3 is 1.46 bits per heavy atom.